The van der Waals surface area contributed by atoms with Crippen molar-refractivity contribution in [2.45, 2.75) is 19.4 Å². The molecular weight excluding hydrogens is 212 g/mol. The number of nitriles is 1. The predicted molar refractivity (Wildman–Crippen MR) is 66.4 cm³/mol. The summed E-state index contributed by atoms with van der Waals surface area (Å²) < 4.78 is 5.72. The number of piperidine rings is 1. The minimum atomic E-state index is 0.549. The first-order valence-electron chi connectivity index (χ1n) is 6.16. The molecule has 17 heavy (non-hydrogen) atoms. The Morgan fingerprint density at radius 2 is 2.06 bits per heavy atom. The van der Waals surface area contributed by atoms with E-state index < -0.39 is 0 Å². The molecule has 0 amide bonds. The number of hydrogen-bond acceptors (Lipinski definition) is 3. The van der Waals surface area contributed by atoms with Gasteiger partial charge >= 0.3 is 0 Å². The van der Waals surface area contributed by atoms with Crippen molar-refractivity contribution in [3.63, 3.8) is 0 Å². The molecule has 90 valence electrons. The lowest BCUT2D eigenvalue weighted by Crippen LogP contribution is -2.29. The van der Waals surface area contributed by atoms with Crippen LogP contribution >= 0.6 is 0 Å². The molecule has 1 fully saturated rings. The van der Waals surface area contributed by atoms with E-state index in [2.05, 4.69) is 11.4 Å². The van der Waals surface area contributed by atoms with Gasteiger partial charge in [0.25, 0.3) is 0 Å². The van der Waals surface area contributed by atoms with E-state index in [9.17, 15) is 0 Å². The van der Waals surface area contributed by atoms with Gasteiger partial charge in [-0.15, -0.1) is 0 Å². The summed E-state index contributed by atoms with van der Waals surface area (Å²) in [5.41, 5.74) is 1.71. The van der Waals surface area contributed by atoms with Crippen LogP contribution in [0.5, 0.6) is 0 Å². The van der Waals surface area contributed by atoms with E-state index in [0.29, 0.717) is 12.5 Å². The van der Waals surface area contributed by atoms with Gasteiger partial charge in [0.2, 0.25) is 0 Å². The zero-order valence-electron chi connectivity index (χ0n) is 9.98. The van der Waals surface area contributed by atoms with E-state index in [0.717, 1.165) is 30.8 Å². The number of nitrogens with one attached hydrogen (secondary N) is 1. The van der Waals surface area contributed by atoms with Gasteiger partial charge in [-0.25, -0.2) is 0 Å². The highest BCUT2D eigenvalue weighted by atomic mass is 16.5. The van der Waals surface area contributed by atoms with Gasteiger partial charge in [0, 0.05) is 6.61 Å². The number of benzene rings is 1. The van der Waals surface area contributed by atoms with Crippen LogP contribution in [-0.4, -0.2) is 19.7 Å². The lowest BCUT2D eigenvalue weighted by Gasteiger charge is -2.22. The van der Waals surface area contributed by atoms with Crippen LogP contribution in [0.25, 0.3) is 0 Å². The van der Waals surface area contributed by atoms with Crippen molar-refractivity contribution in [2.24, 2.45) is 5.92 Å². The molecule has 0 unspecified atom stereocenters. The molecule has 2 rings (SSSR count). The van der Waals surface area contributed by atoms with E-state index >= 15 is 0 Å². The van der Waals surface area contributed by atoms with Crippen LogP contribution < -0.4 is 5.32 Å². The van der Waals surface area contributed by atoms with Gasteiger partial charge in [-0.3, -0.25) is 0 Å². The Morgan fingerprint density at radius 1 is 1.29 bits per heavy atom. The molecule has 3 heteroatoms. The van der Waals surface area contributed by atoms with E-state index in [1.807, 2.05) is 24.3 Å². The second kappa shape index (κ2) is 6.39. The number of rotatable bonds is 4. The Labute approximate surface area is 102 Å². The maximum Gasteiger partial charge on any atom is 0.0995 e. The van der Waals surface area contributed by atoms with Gasteiger partial charge in [0.15, 0.2) is 0 Å². The second-order valence-electron chi connectivity index (χ2n) is 4.48. The molecule has 0 bridgehead atoms. The molecule has 1 N–H and O–H groups in total. The fourth-order valence-electron chi connectivity index (χ4n) is 2.14. The van der Waals surface area contributed by atoms with Crippen LogP contribution in [-0.2, 0) is 11.3 Å². The zero-order valence-corrected chi connectivity index (χ0v) is 9.98. The van der Waals surface area contributed by atoms with Crippen LogP contribution in [0.3, 0.4) is 0 Å². The smallest absolute Gasteiger partial charge is 0.0995 e. The summed E-state index contributed by atoms with van der Waals surface area (Å²) in [6.45, 7) is 3.56. The standard InChI is InChI=1S/C14H18N2O/c15-9-13-3-1-2-4-14(13)11-17-10-12-5-7-16-8-6-12/h1-4,12,16H,5-8,10-11H2. The number of ether oxygens (including phenoxy) is 1. The summed E-state index contributed by atoms with van der Waals surface area (Å²) in [6, 6.07) is 9.82. The fourth-order valence-corrected chi connectivity index (χ4v) is 2.14. The molecule has 1 aromatic rings. The first-order valence-corrected chi connectivity index (χ1v) is 6.16. The quantitative estimate of drug-likeness (QED) is 0.861. The molecular formula is C14H18N2O. The average Bonchev–Trinajstić information content (AvgIpc) is 2.40. The highest BCUT2D eigenvalue weighted by Crippen LogP contribution is 2.14. The monoisotopic (exact) mass is 230 g/mol. The molecule has 1 aromatic carbocycles. The van der Waals surface area contributed by atoms with Crippen LogP contribution in [0.1, 0.15) is 24.0 Å². The number of hydrogen-bond donors (Lipinski definition) is 1. The zero-order chi connectivity index (χ0) is 11.9. The Morgan fingerprint density at radius 3 is 2.82 bits per heavy atom. The molecule has 1 aliphatic rings. The molecule has 0 saturated carbocycles. The summed E-state index contributed by atoms with van der Waals surface area (Å²) in [6.07, 6.45) is 2.39. The van der Waals surface area contributed by atoms with Crippen LogP contribution in [0.4, 0.5) is 0 Å². The molecule has 1 heterocycles. The van der Waals surface area contributed by atoms with Gasteiger partial charge in [-0.2, -0.15) is 5.26 Å². The molecule has 1 aliphatic heterocycles. The van der Waals surface area contributed by atoms with E-state index in [1.54, 1.807) is 0 Å². The molecule has 3 nitrogen and oxygen atoms in total. The van der Waals surface area contributed by atoms with Gasteiger partial charge in [-0.05, 0) is 43.5 Å². The third-order valence-electron chi connectivity index (χ3n) is 3.21. The van der Waals surface area contributed by atoms with Gasteiger partial charge in [0.1, 0.15) is 0 Å². The average molecular weight is 230 g/mol. The van der Waals surface area contributed by atoms with Crippen molar-refractivity contribution in [3.8, 4) is 6.07 Å². The summed E-state index contributed by atoms with van der Waals surface area (Å²) in [4.78, 5) is 0. The maximum atomic E-state index is 8.95. The predicted octanol–water partition coefficient (Wildman–Crippen LogP) is 2.07. The van der Waals surface area contributed by atoms with Crippen molar-refractivity contribution < 1.29 is 4.74 Å². The normalized spacial score (nSPS) is 16.6. The summed E-state index contributed by atoms with van der Waals surface area (Å²) in [7, 11) is 0. The molecule has 0 aliphatic carbocycles. The Hall–Kier alpha value is -1.37. The maximum absolute atomic E-state index is 8.95. The Kier molecular flexibility index (Phi) is 4.54. The van der Waals surface area contributed by atoms with Crippen molar-refractivity contribution >= 4 is 0 Å². The van der Waals surface area contributed by atoms with Gasteiger partial charge in [-0.1, -0.05) is 18.2 Å². The first kappa shape index (κ1) is 12.1. The highest BCUT2D eigenvalue weighted by molar-refractivity contribution is 5.36. The lowest BCUT2D eigenvalue weighted by atomic mass is 9.99. The molecule has 1 saturated heterocycles. The molecule has 0 spiro atoms. The Balaban J connectivity index is 1.79. The van der Waals surface area contributed by atoms with Crippen LogP contribution in [0, 0.1) is 17.2 Å². The van der Waals surface area contributed by atoms with E-state index in [-0.39, 0.29) is 0 Å². The molecule has 0 aromatic heterocycles. The van der Waals surface area contributed by atoms with E-state index in [1.165, 1.54) is 12.8 Å². The van der Waals surface area contributed by atoms with Gasteiger partial charge in [0.05, 0.1) is 18.2 Å². The van der Waals surface area contributed by atoms with Crippen LogP contribution in [0.2, 0.25) is 0 Å². The molecule has 0 radical (unpaired) electrons. The van der Waals surface area contributed by atoms with Crippen molar-refractivity contribution in [1.29, 1.82) is 5.26 Å². The van der Waals surface area contributed by atoms with Crippen molar-refractivity contribution in [2.75, 3.05) is 19.7 Å². The van der Waals surface area contributed by atoms with E-state index in [4.69, 9.17) is 10.00 Å². The molecule has 0 atom stereocenters. The summed E-state index contributed by atoms with van der Waals surface area (Å²) in [5.74, 6) is 0.672. The largest absolute Gasteiger partial charge is 0.376 e. The minimum Gasteiger partial charge on any atom is -0.376 e. The lowest BCUT2D eigenvalue weighted by molar-refractivity contribution is 0.0762. The Bertz CT molecular complexity index is 391. The second-order valence-corrected chi connectivity index (χ2v) is 4.48. The third-order valence-corrected chi connectivity index (χ3v) is 3.21. The third kappa shape index (κ3) is 3.55. The summed E-state index contributed by atoms with van der Waals surface area (Å²) >= 11 is 0. The summed E-state index contributed by atoms with van der Waals surface area (Å²) in [5, 5.41) is 12.3. The topological polar surface area (TPSA) is 45.0 Å². The van der Waals surface area contributed by atoms with Crippen molar-refractivity contribution in [1.82, 2.24) is 5.32 Å². The SMILES string of the molecule is N#Cc1ccccc1COCC1CCNCC1. The number of nitrogens with zero attached hydrogens (tertiary/aromatic N) is 1. The van der Waals surface area contributed by atoms with Gasteiger partial charge < -0.3 is 10.1 Å². The fraction of sp³-hybridized carbons (Fsp3) is 0.500. The first-order chi connectivity index (χ1) is 8.40. The van der Waals surface area contributed by atoms with Crippen molar-refractivity contribution in [3.05, 3.63) is 35.4 Å². The minimum absolute atomic E-state index is 0.549. The highest BCUT2D eigenvalue weighted by Gasteiger charge is 2.13. The van der Waals surface area contributed by atoms with Crippen LogP contribution in [0.15, 0.2) is 24.3 Å².